The van der Waals surface area contributed by atoms with Gasteiger partial charge in [-0.05, 0) is 57.2 Å². The zero-order chi connectivity index (χ0) is 13.2. The SMILES string of the molecule is CCCCN(CCCC)CC1CCCCC1CN. The first-order chi connectivity index (χ1) is 8.81. The maximum absolute atomic E-state index is 5.95. The van der Waals surface area contributed by atoms with E-state index in [0.29, 0.717) is 0 Å². The van der Waals surface area contributed by atoms with Gasteiger partial charge >= 0.3 is 0 Å². The molecule has 108 valence electrons. The third-order valence-corrected chi connectivity index (χ3v) is 4.52. The molecule has 0 saturated heterocycles. The molecule has 0 amide bonds. The quantitative estimate of drug-likeness (QED) is 0.680. The van der Waals surface area contributed by atoms with Crippen LogP contribution >= 0.6 is 0 Å². The van der Waals surface area contributed by atoms with E-state index in [1.807, 2.05) is 0 Å². The molecule has 2 unspecified atom stereocenters. The molecule has 18 heavy (non-hydrogen) atoms. The number of nitrogens with zero attached hydrogens (tertiary/aromatic N) is 1. The Hall–Kier alpha value is -0.0800. The molecule has 0 bridgehead atoms. The summed E-state index contributed by atoms with van der Waals surface area (Å²) in [6.45, 7) is 9.39. The molecule has 0 aromatic rings. The normalized spacial score (nSPS) is 24.7. The van der Waals surface area contributed by atoms with Gasteiger partial charge in [-0.3, -0.25) is 0 Å². The minimum atomic E-state index is 0.796. The maximum Gasteiger partial charge on any atom is 0.00128 e. The first-order valence-corrected chi connectivity index (χ1v) is 8.24. The highest BCUT2D eigenvalue weighted by Crippen LogP contribution is 2.30. The number of unbranched alkanes of at least 4 members (excludes halogenated alkanes) is 2. The van der Waals surface area contributed by atoms with E-state index < -0.39 is 0 Å². The van der Waals surface area contributed by atoms with Crippen molar-refractivity contribution in [3.05, 3.63) is 0 Å². The summed E-state index contributed by atoms with van der Waals surface area (Å²) in [5.41, 5.74) is 5.95. The molecule has 1 saturated carbocycles. The molecule has 2 atom stereocenters. The van der Waals surface area contributed by atoms with E-state index in [9.17, 15) is 0 Å². The van der Waals surface area contributed by atoms with Gasteiger partial charge in [0.05, 0.1) is 0 Å². The van der Waals surface area contributed by atoms with Crippen LogP contribution in [-0.2, 0) is 0 Å². The lowest BCUT2D eigenvalue weighted by Crippen LogP contribution is -2.38. The van der Waals surface area contributed by atoms with E-state index in [1.54, 1.807) is 0 Å². The van der Waals surface area contributed by atoms with E-state index in [2.05, 4.69) is 18.7 Å². The van der Waals surface area contributed by atoms with Crippen molar-refractivity contribution in [2.45, 2.75) is 65.2 Å². The van der Waals surface area contributed by atoms with E-state index in [1.165, 1.54) is 71.0 Å². The average Bonchev–Trinajstić information content (AvgIpc) is 2.42. The van der Waals surface area contributed by atoms with Crippen molar-refractivity contribution >= 4 is 0 Å². The summed E-state index contributed by atoms with van der Waals surface area (Å²) in [5.74, 6) is 1.67. The van der Waals surface area contributed by atoms with Gasteiger partial charge in [0, 0.05) is 6.54 Å². The fourth-order valence-corrected chi connectivity index (χ4v) is 3.22. The third kappa shape index (κ3) is 5.71. The zero-order valence-corrected chi connectivity index (χ0v) is 12.7. The molecule has 2 nitrogen and oxygen atoms in total. The molecule has 1 rings (SSSR count). The first-order valence-electron chi connectivity index (χ1n) is 8.24. The minimum absolute atomic E-state index is 0.796. The highest BCUT2D eigenvalue weighted by molar-refractivity contribution is 4.79. The van der Waals surface area contributed by atoms with Gasteiger partial charge in [0.15, 0.2) is 0 Å². The molecule has 0 radical (unpaired) electrons. The standard InChI is InChI=1S/C16H34N2/c1-3-5-11-18(12-6-4-2)14-16-10-8-7-9-15(16)13-17/h15-16H,3-14,17H2,1-2H3. The Morgan fingerprint density at radius 3 is 2.00 bits per heavy atom. The molecular formula is C16H34N2. The van der Waals surface area contributed by atoms with Gasteiger partial charge in [-0.2, -0.15) is 0 Å². The molecular weight excluding hydrogens is 220 g/mol. The summed E-state index contributed by atoms with van der Waals surface area (Å²) in [6, 6.07) is 0. The predicted octanol–water partition coefficient (Wildman–Crippen LogP) is 3.65. The van der Waals surface area contributed by atoms with Crippen molar-refractivity contribution in [3.63, 3.8) is 0 Å². The largest absolute Gasteiger partial charge is 0.330 e. The van der Waals surface area contributed by atoms with Gasteiger partial charge in [-0.15, -0.1) is 0 Å². The third-order valence-electron chi connectivity index (χ3n) is 4.52. The number of rotatable bonds is 9. The van der Waals surface area contributed by atoms with E-state index in [0.717, 1.165) is 18.4 Å². The summed E-state index contributed by atoms with van der Waals surface area (Å²) < 4.78 is 0. The van der Waals surface area contributed by atoms with Crippen molar-refractivity contribution in [2.75, 3.05) is 26.2 Å². The van der Waals surface area contributed by atoms with E-state index in [4.69, 9.17) is 5.73 Å². The lowest BCUT2D eigenvalue weighted by atomic mass is 9.79. The molecule has 1 aliphatic rings. The lowest BCUT2D eigenvalue weighted by molar-refractivity contribution is 0.151. The molecule has 0 aromatic carbocycles. The molecule has 0 heterocycles. The molecule has 1 fully saturated rings. The van der Waals surface area contributed by atoms with Crippen LogP contribution in [0.15, 0.2) is 0 Å². The van der Waals surface area contributed by atoms with Crippen LogP contribution in [0.2, 0.25) is 0 Å². The Labute approximate surface area is 114 Å². The fraction of sp³-hybridized carbons (Fsp3) is 1.00. The zero-order valence-electron chi connectivity index (χ0n) is 12.7. The van der Waals surface area contributed by atoms with Crippen molar-refractivity contribution in [2.24, 2.45) is 17.6 Å². The van der Waals surface area contributed by atoms with Crippen LogP contribution < -0.4 is 5.73 Å². The monoisotopic (exact) mass is 254 g/mol. The van der Waals surface area contributed by atoms with Gasteiger partial charge in [-0.25, -0.2) is 0 Å². The Balaban J connectivity index is 2.40. The summed E-state index contributed by atoms with van der Waals surface area (Å²) in [4.78, 5) is 2.71. The van der Waals surface area contributed by atoms with Crippen molar-refractivity contribution in [1.29, 1.82) is 0 Å². The number of hydrogen-bond donors (Lipinski definition) is 1. The smallest absolute Gasteiger partial charge is 0.00128 e. The molecule has 2 heteroatoms. The lowest BCUT2D eigenvalue weighted by Gasteiger charge is -2.35. The Morgan fingerprint density at radius 1 is 0.944 bits per heavy atom. The van der Waals surface area contributed by atoms with Crippen molar-refractivity contribution in [1.82, 2.24) is 4.90 Å². The highest BCUT2D eigenvalue weighted by Gasteiger charge is 2.25. The predicted molar refractivity (Wildman–Crippen MR) is 80.8 cm³/mol. The topological polar surface area (TPSA) is 29.3 Å². The highest BCUT2D eigenvalue weighted by atomic mass is 15.1. The fourth-order valence-electron chi connectivity index (χ4n) is 3.22. The van der Waals surface area contributed by atoms with Crippen LogP contribution in [0.5, 0.6) is 0 Å². The number of hydrogen-bond acceptors (Lipinski definition) is 2. The summed E-state index contributed by atoms with van der Waals surface area (Å²) >= 11 is 0. The molecule has 0 aromatic heterocycles. The van der Waals surface area contributed by atoms with Crippen LogP contribution in [0.4, 0.5) is 0 Å². The molecule has 2 N–H and O–H groups in total. The number of nitrogens with two attached hydrogens (primary N) is 1. The van der Waals surface area contributed by atoms with Gasteiger partial charge in [0.2, 0.25) is 0 Å². The first kappa shape index (κ1) is 16.0. The summed E-state index contributed by atoms with van der Waals surface area (Å²) in [5, 5.41) is 0. The second-order valence-electron chi connectivity index (χ2n) is 6.05. The van der Waals surface area contributed by atoms with Crippen LogP contribution in [0.1, 0.15) is 65.2 Å². The van der Waals surface area contributed by atoms with E-state index in [-0.39, 0.29) is 0 Å². The average molecular weight is 254 g/mol. The van der Waals surface area contributed by atoms with Gasteiger partial charge in [0.25, 0.3) is 0 Å². The molecule has 0 spiro atoms. The van der Waals surface area contributed by atoms with Crippen LogP contribution in [0.25, 0.3) is 0 Å². The Kier molecular flexibility index (Phi) is 8.70. The van der Waals surface area contributed by atoms with Gasteiger partial charge < -0.3 is 10.6 Å². The molecule has 0 aliphatic heterocycles. The minimum Gasteiger partial charge on any atom is -0.330 e. The Bertz CT molecular complexity index is 186. The van der Waals surface area contributed by atoms with Crippen LogP contribution in [-0.4, -0.2) is 31.1 Å². The van der Waals surface area contributed by atoms with E-state index >= 15 is 0 Å². The van der Waals surface area contributed by atoms with Crippen molar-refractivity contribution < 1.29 is 0 Å². The summed E-state index contributed by atoms with van der Waals surface area (Å²) in [7, 11) is 0. The summed E-state index contributed by atoms with van der Waals surface area (Å²) in [6.07, 6.45) is 10.9. The van der Waals surface area contributed by atoms with Gasteiger partial charge in [0.1, 0.15) is 0 Å². The van der Waals surface area contributed by atoms with Crippen molar-refractivity contribution in [3.8, 4) is 0 Å². The van der Waals surface area contributed by atoms with Crippen LogP contribution in [0, 0.1) is 11.8 Å². The second kappa shape index (κ2) is 9.80. The molecule has 1 aliphatic carbocycles. The Morgan fingerprint density at radius 2 is 1.50 bits per heavy atom. The maximum atomic E-state index is 5.95. The van der Waals surface area contributed by atoms with Crippen LogP contribution in [0.3, 0.4) is 0 Å². The second-order valence-corrected chi connectivity index (χ2v) is 6.05. The van der Waals surface area contributed by atoms with Gasteiger partial charge in [-0.1, -0.05) is 39.5 Å².